The van der Waals surface area contributed by atoms with E-state index < -0.39 is 0 Å². The Morgan fingerprint density at radius 3 is 2.75 bits per heavy atom. The molecule has 1 aliphatic heterocycles. The van der Waals surface area contributed by atoms with Gasteiger partial charge in [-0.2, -0.15) is 0 Å². The third-order valence-corrected chi connectivity index (χ3v) is 5.08. The van der Waals surface area contributed by atoms with E-state index in [2.05, 4.69) is 55.1 Å². The van der Waals surface area contributed by atoms with Gasteiger partial charge < -0.3 is 15.5 Å². The van der Waals surface area contributed by atoms with Gasteiger partial charge in [-0.1, -0.05) is 0 Å². The van der Waals surface area contributed by atoms with Crippen molar-refractivity contribution in [2.24, 2.45) is 4.99 Å². The van der Waals surface area contributed by atoms with E-state index in [1.165, 1.54) is 6.07 Å². The average Bonchev–Trinajstić information content (AvgIpc) is 3.09. The Hall–Kier alpha value is -1.89. The summed E-state index contributed by atoms with van der Waals surface area (Å²) in [6.07, 6.45) is 3.61. The highest BCUT2D eigenvalue weighted by Gasteiger charge is 2.25. The van der Waals surface area contributed by atoms with Gasteiger partial charge >= 0.3 is 0 Å². The van der Waals surface area contributed by atoms with Crippen LogP contribution in [0.3, 0.4) is 0 Å². The molecule has 7 heteroatoms. The van der Waals surface area contributed by atoms with Gasteiger partial charge in [0.05, 0.1) is 0 Å². The minimum Gasteiger partial charge on any atom is -0.357 e. The minimum absolute atomic E-state index is 0.238. The van der Waals surface area contributed by atoms with Gasteiger partial charge in [0.2, 0.25) is 0 Å². The minimum atomic E-state index is -0.261. The number of guanidine groups is 1. The third-order valence-electron chi connectivity index (χ3n) is 5.08. The van der Waals surface area contributed by atoms with Crippen LogP contribution in [-0.2, 0) is 0 Å². The van der Waals surface area contributed by atoms with Crippen LogP contribution in [0, 0.1) is 5.82 Å². The first-order valence-corrected chi connectivity index (χ1v) is 10.6. The van der Waals surface area contributed by atoms with Crippen molar-refractivity contribution in [1.29, 1.82) is 0 Å². The molecule has 2 N–H and O–H groups in total. The Balaban J connectivity index is 1.85. The molecule has 1 saturated heterocycles. The molecule has 0 radical (unpaired) electrons. The molecule has 1 aromatic heterocycles. The van der Waals surface area contributed by atoms with Crippen LogP contribution in [-0.4, -0.2) is 66.7 Å². The molecule has 1 unspecified atom stereocenters. The summed E-state index contributed by atoms with van der Waals surface area (Å²) < 4.78 is 14.0. The number of pyridine rings is 1. The number of nitrogens with one attached hydrogen (secondary N) is 2. The number of rotatable bonds is 9. The average molecular weight is 393 g/mol. The van der Waals surface area contributed by atoms with Gasteiger partial charge in [0, 0.05) is 57.0 Å². The van der Waals surface area contributed by atoms with E-state index in [0.29, 0.717) is 17.9 Å². The van der Waals surface area contributed by atoms with Crippen molar-refractivity contribution in [3.05, 3.63) is 24.1 Å². The predicted molar refractivity (Wildman–Crippen MR) is 116 cm³/mol. The molecule has 0 aromatic carbocycles. The highest BCUT2D eigenvalue weighted by atomic mass is 19.1. The summed E-state index contributed by atoms with van der Waals surface area (Å²) in [6.45, 7) is 15.2. The Kier molecular flexibility index (Phi) is 8.96. The van der Waals surface area contributed by atoms with Crippen LogP contribution in [0.25, 0.3) is 0 Å². The molecule has 158 valence electrons. The normalized spacial score (nSPS) is 17.8. The summed E-state index contributed by atoms with van der Waals surface area (Å²) in [5.74, 6) is 1.02. The maximum Gasteiger partial charge on any atom is 0.191 e. The van der Waals surface area contributed by atoms with Crippen molar-refractivity contribution >= 4 is 11.8 Å². The molecule has 0 amide bonds. The number of aliphatic imine (C=N–C) groups is 1. The molecule has 2 rings (SSSR count). The van der Waals surface area contributed by atoms with E-state index in [1.54, 1.807) is 12.3 Å². The number of hydrogen-bond acceptors (Lipinski definition) is 4. The highest BCUT2D eigenvalue weighted by molar-refractivity contribution is 5.80. The summed E-state index contributed by atoms with van der Waals surface area (Å²) in [6, 6.07) is 4.42. The number of halogens is 1. The van der Waals surface area contributed by atoms with Gasteiger partial charge in [0.25, 0.3) is 0 Å². The van der Waals surface area contributed by atoms with Crippen molar-refractivity contribution in [2.75, 3.05) is 37.6 Å². The van der Waals surface area contributed by atoms with Gasteiger partial charge in [-0.25, -0.2) is 9.37 Å². The second-order valence-electron chi connectivity index (χ2n) is 7.92. The summed E-state index contributed by atoms with van der Waals surface area (Å²) in [4.78, 5) is 13.4. The molecule has 0 saturated carbocycles. The quantitative estimate of drug-likeness (QED) is 0.384. The zero-order chi connectivity index (χ0) is 20.5. The second kappa shape index (κ2) is 11.2. The lowest BCUT2D eigenvalue weighted by Crippen LogP contribution is -2.45. The van der Waals surface area contributed by atoms with Crippen LogP contribution in [0.15, 0.2) is 23.3 Å². The SMILES string of the molecule is CCNC(=NCCCN(C(C)C)C(C)C)NC1CCN(c2ncccc2F)C1. The Morgan fingerprint density at radius 1 is 1.36 bits per heavy atom. The number of anilines is 1. The molecule has 28 heavy (non-hydrogen) atoms. The van der Waals surface area contributed by atoms with Crippen molar-refractivity contribution in [3.8, 4) is 0 Å². The molecule has 0 aliphatic carbocycles. The van der Waals surface area contributed by atoms with Gasteiger partial charge in [0.1, 0.15) is 0 Å². The van der Waals surface area contributed by atoms with Crippen LogP contribution in [0.5, 0.6) is 0 Å². The largest absolute Gasteiger partial charge is 0.357 e. The zero-order valence-electron chi connectivity index (χ0n) is 18.1. The van der Waals surface area contributed by atoms with Crippen LogP contribution >= 0.6 is 0 Å². The third kappa shape index (κ3) is 6.62. The van der Waals surface area contributed by atoms with Crippen LogP contribution in [0.4, 0.5) is 10.2 Å². The standard InChI is InChI=1S/C21H37FN6/c1-6-23-21(25-12-8-13-28(16(2)3)17(4)5)26-18-10-14-27(15-18)20-19(22)9-7-11-24-20/h7,9,11,16-18H,6,8,10,12-15H2,1-5H3,(H2,23,25,26). The van der Waals surface area contributed by atoms with Crippen LogP contribution in [0.2, 0.25) is 0 Å². The molecule has 0 bridgehead atoms. The first-order chi connectivity index (χ1) is 13.4. The fourth-order valence-corrected chi connectivity index (χ4v) is 3.75. The van der Waals surface area contributed by atoms with E-state index in [9.17, 15) is 4.39 Å². The Labute approximate surface area is 169 Å². The monoisotopic (exact) mass is 392 g/mol. The van der Waals surface area contributed by atoms with E-state index >= 15 is 0 Å². The topological polar surface area (TPSA) is 55.8 Å². The van der Waals surface area contributed by atoms with Crippen molar-refractivity contribution in [2.45, 2.75) is 65.6 Å². The van der Waals surface area contributed by atoms with E-state index in [1.807, 2.05) is 4.90 Å². The summed E-state index contributed by atoms with van der Waals surface area (Å²) in [7, 11) is 0. The number of nitrogens with zero attached hydrogens (tertiary/aromatic N) is 4. The molecule has 1 aliphatic rings. The van der Waals surface area contributed by atoms with Crippen molar-refractivity contribution < 1.29 is 4.39 Å². The van der Waals surface area contributed by atoms with Gasteiger partial charge in [0.15, 0.2) is 17.6 Å². The number of hydrogen-bond donors (Lipinski definition) is 2. The first-order valence-electron chi connectivity index (χ1n) is 10.6. The molecule has 1 atom stereocenters. The van der Waals surface area contributed by atoms with E-state index in [-0.39, 0.29) is 11.9 Å². The van der Waals surface area contributed by atoms with Gasteiger partial charge in [-0.05, 0) is 59.6 Å². The number of aromatic nitrogens is 1. The molecule has 0 spiro atoms. The van der Waals surface area contributed by atoms with Crippen molar-refractivity contribution in [3.63, 3.8) is 0 Å². The molecule has 1 fully saturated rings. The maximum atomic E-state index is 14.0. The molecule has 2 heterocycles. The molecular weight excluding hydrogens is 355 g/mol. The van der Waals surface area contributed by atoms with Gasteiger partial charge in [-0.15, -0.1) is 0 Å². The lowest BCUT2D eigenvalue weighted by Gasteiger charge is -2.30. The zero-order valence-corrected chi connectivity index (χ0v) is 18.1. The van der Waals surface area contributed by atoms with Gasteiger partial charge in [-0.3, -0.25) is 9.89 Å². The second-order valence-corrected chi connectivity index (χ2v) is 7.92. The molecule has 1 aromatic rings. The first kappa shape index (κ1) is 22.4. The maximum absolute atomic E-state index is 14.0. The Bertz CT molecular complexity index is 611. The van der Waals surface area contributed by atoms with Crippen LogP contribution < -0.4 is 15.5 Å². The van der Waals surface area contributed by atoms with Crippen LogP contribution in [0.1, 0.15) is 47.5 Å². The molecule has 6 nitrogen and oxygen atoms in total. The fraction of sp³-hybridized carbons (Fsp3) is 0.714. The fourth-order valence-electron chi connectivity index (χ4n) is 3.75. The Morgan fingerprint density at radius 2 is 2.11 bits per heavy atom. The summed E-state index contributed by atoms with van der Waals surface area (Å²) >= 11 is 0. The van der Waals surface area contributed by atoms with Crippen molar-refractivity contribution in [1.82, 2.24) is 20.5 Å². The smallest absolute Gasteiger partial charge is 0.191 e. The lowest BCUT2D eigenvalue weighted by atomic mass is 10.2. The predicted octanol–water partition coefficient (Wildman–Crippen LogP) is 2.86. The molecular formula is C21H37FN6. The van der Waals surface area contributed by atoms with E-state index in [4.69, 9.17) is 4.99 Å². The summed E-state index contributed by atoms with van der Waals surface area (Å²) in [5.41, 5.74) is 0. The summed E-state index contributed by atoms with van der Waals surface area (Å²) in [5, 5.41) is 6.83. The highest BCUT2D eigenvalue weighted by Crippen LogP contribution is 2.20. The van der Waals surface area contributed by atoms with E-state index in [0.717, 1.165) is 51.5 Å². The lowest BCUT2D eigenvalue weighted by molar-refractivity contribution is 0.174.